The molecule has 2 aromatic heterocycles. The summed E-state index contributed by atoms with van der Waals surface area (Å²) >= 11 is 0. The molecule has 3 heterocycles. The van der Waals surface area contributed by atoms with Gasteiger partial charge in [0.05, 0.1) is 23.6 Å². The quantitative estimate of drug-likeness (QED) is 0.650. The van der Waals surface area contributed by atoms with E-state index in [0.29, 0.717) is 19.5 Å². The van der Waals surface area contributed by atoms with Gasteiger partial charge in [0.15, 0.2) is 0 Å². The highest BCUT2D eigenvalue weighted by molar-refractivity contribution is 7.89. The SMILES string of the molecule is COc1cccc(-n2cc3cnc(N4CCC(S(=O)(=O)N(C)C)C4)cc3n2)c1. The average molecular weight is 401 g/mol. The second kappa shape index (κ2) is 7.06. The zero-order valence-electron chi connectivity index (χ0n) is 16.1. The Morgan fingerprint density at radius 1 is 1.25 bits per heavy atom. The van der Waals surface area contributed by atoms with Crippen molar-refractivity contribution in [2.45, 2.75) is 11.7 Å². The van der Waals surface area contributed by atoms with Crippen molar-refractivity contribution in [3.05, 3.63) is 42.7 Å². The molecule has 9 heteroatoms. The van der Waals surface area contributed by atoms with Crippen LogP contribution in [0.25, 0.3) is 16.6 Å². The molecule has 3 aromatic rings. The number of rotatable bonds is 5. The average Bonchev–Trinajstić information content (AvgIpc) is 3.34. The van der Waals surface area contributed by atoms with Gasteiger partial charge in [-0.2, -0.15) is 5.10 Å². The van der Waals surface area contributed by atoms with Crippen LogP contribution in [0.3, 0.4) is 0 Å². The van der Waals surface area contributed by atoms with E-state index < -0.39 is 15.3 Å². The van der Waals surface area contributed by atoms with Crippen LogP contribution in [0.15, 0.2) is 42.7 Å². The Bertz CT molecular complexity index is 1110. The highest BCUT2D eigenvalue weighted by Crippen LogP contribution is 2.26. The number of fused-ring (bicyclic) bond motifs is 1. The third-order valence-electron chi connectivity index (χ3n) is 5.09. The van der Waals surface area contributed by atoms with E-state index in [-0.39, 0.29) is 0 Å². The fourth-order valence-electron chi connectivity index (χ4n) is 3.44. The van der Waals surface area contributed by atoms with Crippen molar-refractivity contribution in [3.8, 4) is 11.4 Å². The summed E-state index contributed by atoms with van der Waals surface area (Å²) in [4.78, 5) is 6.54. The van der Waals surface area contributed by atoms with Gasteiger partial charge in [-0.3, -0.25) is 0 Å². The van der Waals surface area contributed by atoms with Gasteiger partial charge in [-0.15, -0.1) is 0 Å². The Morgan fingerprint density at radius 3 is 2.82 bits per heavy atom. The molecule has 1 atom stereocenters. The number of ether oxygens (including phenoxy) is 1. The number of hydrogen-bond acceptors (Lipinski definition) is 6. The molecule has 0 radical (unpaired) electrons. The predicted octanol–water partition coefficient (Wildman–Crippen LogP) is 1.90. The van der Waals surface area contributed by atoms with Crippen LogP contribution in [0.5, 0.6) is 5.75 Å². The van der Waals surface area contributed by atoms with Gasteiger partial charge in [0.1, 0.15) is 11.6 Å². The molecule has 1 fully saturated rings. The zero-order valence-corrected chi connectivity index (χ0v) is 16.9. The fourth-order valence-corrected chi connectivity index (χ4v) is 4.81. The molecule has 0 spiro atoms. The lowest BCUT2D eigenvalue weighted by Crippen LogP contribution is -2.35. The van der Waals surface area contributed by atoms with Crippen LogP contribution in [0.2, 0.25) is 0 Å². The van der Waals surface area contributed by atoms with E-state index >= 15 is 0 Å². The minimum absolute atomic E-state index is 0.408. The Labute approximate surface area is 164 Å². The van der Waals surface area contributed by atoms with Gasteiger partial charge in [-0.25, -0.2) is 22.4 Å². The van der Waals surface area contributed by atoms with Gasteiger partial charge in [-0.1, -0.05) is 6.07 Å². The monoisotopic (exact) mass is 401 g/mol. The molecule has 0 bridgehead atoms. The van der Waals surface area contributed by atoms with Crippen LogP contribution in [-0.4, -0.2) is 67.0 Å². The third-order valence-corrected chi connectivity index (χ3v) is 7.34. The van der Waals surface area contributed by atoms with Gasteiger partial charge >= 0.3 is 0 Å². The number of benzene rings is 1. The van der Waals surface area contributed by atoms with E-state index in [0.717, 1.165) is 28.2 Å². The largest absolute Gasteiger partial charge is 0.497 e. The van der Waals surface area contributed by atoms with Crippen molar-refractivity contribution in [2.75, 3.05) is 39.2 Å². The Balaban J connectivity index is 1.60. The van der Waals surface area contributed by atoms with Crippen molar-refractivity contribution >= 4 is 26.7 Å². The Hall–Kier alpha value is -2.65. The van der Waals surface area contributed by atoms with Crippen molar-refractivity contribution in [2.24, 2.45) is 0 Å². The summed E-state index contributed by atoms with van der Waals surface area (Å²) in [5.74, 6) is 1.51. The molecule has 0 N–H and O–H groups in total. The maximum absolute atomic E-state index is 12.4. The molecule has 28 heavy (non-hydrogen) atoms. The maximum atomic E-state index is 12.4. The minimum atomic E-state index is -3.27. The summed E-state index contributed by atoms with van der Waals surface area (Å²) in [5, 5.41) is 5.17. The van der Waals surface area contributed by atoms with E-state index in [9.17, 15) is 8.42 Å². The van der Waals surface area contributed by atoms with Crippen LogP contribution in [0.4, 0.5) is 5.82 Å². The van der Waals surface area contributed by atoms with E-state index in [1.807, 2.05) is 41.4 Å². The number of methoxy groups -OCH3 is 1. The predicted molar refractivity (Wildman–Crippen MR) is 109 cm³/mol. The first kappa shape index (κ1) is 18.7. The van der Waals surface area contributed by atoms with Gasteiger partial charge in [-0.05, 0) is 18.6 Å². The lowest BCUT2D eigenvalue weighted by molar-refractivity contribution is 0.414. The normalized spacial score (nSPS) is 17.6. The van der Waals surface area contributed by atoms with Gasteiger partial charge in [0, 0.05) is 57.1 Å². The highest BCUT2D eigenvalue weighted by atomic mass is 32.2. The topological polar surface area (TPSA) is 80.6 Å². The van der Waals surface area contributed by atoms with Crippen molar-refractivity contribution in [1.29, 1.82) is 0 Å². The lowest BCUT2D eigenvalue weighted by Gasteiger charge is -2.19. The van der Waals surface area contributed by atoms with Crippen molar-refractivity contribution in [3.63, 3.8) is 0 Å². The maximum Gasteiger partial charge on any atom is 0.218 e. The molecule has 1 aromatic carbocycles. The molecule has 1 saturated heterocycles. The lowest BCUT2D eigenvalue weighted by atomic mass is 10.3. The molecular formula is C19H23N5O3S. The minimum Gasteiger partial charge on any atom is -0.497 e. The van der Waals surface area contributed by atoms with Crippen molar-refractivity contribution < 1.29 is 13.2 Å². The van der Waals surface area contributed by atoms with Crippen LogP contribution in [0, 0.1) is 0 Å². The number of aromatic nitrogens is 3. The number of nitrogens with zero attached hydrogens (tertiary/aromatic N) is 5. The summed E-state index contributed by atoms with van der Waals surface area (Å²) < 4.78 is 33.1. The molecular weight excluding hydrogens is 378 g/mol. The summed E-state index contributed by atoms with van der Waals surface area (Å²) in [7, 11) is 1.52. The van der Waals surface area contributed by atoms with E-state index in [1.54, 1.807) is 32.1 Å². The first-order chi connectivity index (χ1) is 13.4. The Kier molecular flexibility index (Phi) is 4.72. The second-order valence-corrected chi connectivity index (χ2v) is 9.49. The molecule has 4 rings (SSSR count). The second-order valence-electron chi connectivity index (χ2n) is 7.06. The molecule has 0 amide bonds. The third kappa shape index (κ3) is 3.31. The zero-order chi connectivity index (χ0) is 19.9. The summed E-state index contributed by atoms with van der Waals surface area (Å²) in [6.07, 6.45) is 4.30. The first-order valence-electron chi connectivity index (χ1n) is 9.04. The standard InChI is InChI=1S/C19H23N5O3S/c1-22(2)28(25,26)17-7-8-23(13-17)19-10-18-14(11-20-19)12-24(21-18)15-5-4-6-16(9-15)27-3/h4-6,9-12,17H,7-8,13H2,1-3H3. The summed E-state index contributed by atoms with van der Waals surface area (Å²) in [6.45, 7) is 1.10. The molecule has 148 valence electrons. The molecule has 0 saturated carbocycles. The van der Waals surface area contributed by atoms with E-state index in [2.05, 4.69) is 10.1 Å². The van der Waals surface area contributed by atoms with Crippen LogP contribution in [-0.2, 0) is 10.0 Å². The van der Waals surface area contributed by atoms with Gasteiger partial charge < -0.3 is 9.64 Å². The smallest absolute Gasteiger partial charge is 0.218 e. The van der Waals surface area contributed by atoms with Gasteiger partial charge in [0.2, 0.25) is 10.0 Å². The molecule has 1 unspecified atom stereocenters. The Morgan fingerprint density at radius 2 is 2.07 bits per heavy atom. The van der Waals surface area contributed by atoms with Crippen LogP contribution >= 0.6 is 0 Å². The molecule has 8 nitrogen and oxygen atoms in total. The van der Waals surface area contributed by atoms with Crippen LogP contribution in [0.1, 0.15) is 6.42 Å². The van der Waals surface area contributed by atoms with Gasteiger partial charge in [0.25, 0.3) is 0 Å². The van der Waals surface area contributed by atoms with Crippen molar-refractivity contribution in [1.82, 2.24) is 19.1 Å². The molecule has 1 aliphatic heterocycles. The van der Waals surface area contributed by atoms with E-state index in [4.69, 9.17) is 4.74 Å². The first-order valence-corrected chi connectivity index (χ1v) is 10.5. The number of anilines is 1. The summed E-state index contributed by atoms with van der Waals surface area (Å²) in [6, 6.07) is 9.59. The number of pyridine rings is 1. The van der Waals surface area contributed by atoms with Crippen LogP contribution < -0.4 is 9.64 Å². The number of hydrogen-bond donors (Lipinski definition) is 0. The number of sulfonamides is 1. The summed E-state index contributed by atoms with van der Waals surface area (Å²) in [5.41, 5.74) is 1.71. The molecule has 0 aliphatic carbocycles. The molecule has 1 aliphatic rings. The fraction of sp³-hybridized carbons (Fsp3) is 0.368. The van der Waals surface area contributed by atoms with E-state index in [1.165, 1.54) is 4.31 Å². The highest BCUT2D eigenvalue weighted by Gasteiger charge is 2.35.